The van der Waals surface area contributed by atoms with Crippen LogP contribution in [0.2, 0.25) is 0 Å². The van der Waals surface area contributed by atoms with Crippen molar-refractivity contribution >= 4 is 17.4 Å². The molecule has 4 rings (SSSR count). The molecule has 0 unspecified atom stereocenters. The van der Waals surface area contributed by atoms with Crippen LogP contribution < -0.4 is 4.74 Å². The molecule has 28 heavy (non-hydrogen) atoms. The topological polar surface area (TPSA) is 79.7 Å². The van der Waals surface area contributed by atoms with Crippen molar-refractivity contribution in [2.45, 2.75) is 26.4 Å². The largest absolute Gasteiger partial charge is 0.479 e. The first kappa shape index (κ1) is 18.0. The third-order valence-corrected chi connectivity index (χ3v) is 4.95. The lowest BCUT2D eigenvalue weighted by molar-refractivity contribution is -0.139. The number of ether oxygens (including phenoxy) is 1. The van der Waals surface area contributed by atoms with Crippen LogP contribution in [0.1, 0.15) is 40.4 Å². The Morgan fingerprint density at radius 3 is 2.64 bits per heavy atom. The van der Waals surface area contributed by atoms with Crippen LogP contribution in [0.3, 0.4) is 0 Å². The highest BCUT2D eigenvalue weighted by Crippen LogP contribution is 2.31. The number of nitrogens with zero attached hydrogens (tertiary/aromatic N) is 2. The van der Waals surface area contributed by atoms with Gasteiger partial charge in [-0.25, -0.2) is 9.78 Å². The number of benzene rings is 1. The molecular weight excluding hydrogens is 356 g/mol. The van der Waals surface area contributed by atoms with E-state index in [1.807, 2.05) is 12.1 Å². The summed E-state index contributed by atoms with van der Waals surface area (Å²) in [6, 6.07) is 9.97. The Morgan fingerprint density at radius 2 is 1.96 bits per heavy atom. The van der Waals surface area contributed by atoms with E-state index in [0.29, 0.717) is 18.7 Å². The smallest absolute Gasteiger partial charge is 0.341 e. The first-order chi connectivity index (χ1) is 13.5. The SMILES string of the molecule is CCC1=CC(c2ccc(CN3Cc4ccnc(OCC(=O)O)c4C3=O)cc2)=C1. The molecule has 0 bridgehead atoms. The Labute approximate surface area is 162 Å². The molecule has 0 fully saturated rings. The second-order valence-corrected chi connectivity index (χ2v) is 6.86. The van der Waals surface area contributed by atoms with Gasteiger partial charge < -0.3 is 14.7 Å². The summed E-state index contributed by atoms with van der Waals surface area (Å²) in [6.07, 6.45) is 6.97. The van der Waals surface area contributed by atoms with E-state index in [1.165, 1.54) is 22.9 Å². The lowest BCUT2D eigenvalue weighted by Gasteiger charge is -2.17. The standard InChI is InChI=1S/C22H20N2O4/c1-2-14-9-18(10-14)16-5-3-15(4-6-16)11-24-12-17-7-8-23-21(20(17)22(24)27)28-13-19(25)26/h3-10H,2,11-13H2,1H3,(H,25,26). The second kappa shape index (κ2) is 7.31. The van der Waals surface area contributed by atoms with Gasteiger partial charge in [-0.15, -0.1) is 0 Å². The number of carboxylic acid groups (broad SMARTS) is 1. The molecule has 6 nitrogen and oxygen atoms in total. The van der Waals surface area contributed by atoms with E-state index in [-0.39, 0.29) is 11.8 Å². The molecule has 2 heterocycles. The van der Waals surface area contributed by atoms with Crippen molar-refractivity contribution in [1.29, 1.82) is 0 Å². The third-order valence-electron chi connectivity index (χ3n) is 4.95. The molecule has 1 amide bonds. The zero-order chi connectivity index (χ0) is 19.7. The van der Waals surface area contributed by atoms with Crippen molar-refractivity contribution < 1.29 is 19.4 Å². The van der Waals surface area contributed by atoms with Crippen LogP contribution in [-0.2, 0) is 17.9 Å². The molecule has 0 saturated heterocycles. The van der Waals surface area contributed by atoms with E-state index in [4.69, 9.17) is 9.84 Å². The first-order valence-electron chi connectivity index (χ1n) is 9.18. The van der Waals surface area contributed by atoms with E-state index in [0.717, 1.165) is 17.5 Å². The molecule has 2 aliphatic rings. The molecule has 0 saturated carbocycles. The average molecular weight is 376 g/mol. The van der Waals surface area contributed by atoms with Gasteiger partial charge in [0.15, 0.2) is 6.61 Å². The van der Waals surface area contributed by atoms with Gasteiger partial charge in [0, 0.05) is 19.3 Å². The normalized spacial score (nSPS) is 14.9. The average Bonchev–Trinajstić information content (AvgIpc) is 2.97. The minimum atomic E-state index is -1.11. The molecule has 1 aliphatic carbocycles. The number of fused-ring (bicyclic) bond motifs is 1. The predicted octanol–water partition coefficient (Wildman–Crippen LogP) is 3.43. The van der Waals surface area contributed by atoms with Crippen molar-refractivity contribution in [3.63, 3.8) is 0 Å². The summed E-state index contributed by atoms with van der Waals surface area (Å²) < 4.78 is 5.19. The molecule has 0 atom stereocenters. The fourth-order valence-corrected chi connectivity index (χ4v) is 3.42. The van der Waals surface area contributed by atoms with E-state index < -0.39 is 12.6 Å². The number of carbonyl (C=O) groups excluding carboxylic acids is 1. The van der Waals surface area contributed by atoms with Crippen molar-refractivity contribution in [3.8, 4) is 5.88 Å². The van der Waals surface area contributed by atoms with Crippen molar-refractivity contribution in [1.82, 2.24) is 9.88 Å². The molecule has 0 spiro atoms. The minimum absolute atomic E-state index is 0.0817. The summed E-state index contributed by atoms with van der Waals surface area (Å²) in [5.41, 5.74) is 5.95. The summed E-state index contributed by atoms with van der Waals surface area (Å²) in [6.45, 7) is 2.54. The number of aliphatic carboxylic acids is 1. The molecule has 142 valence electrons. The van der Waals surface area contributed by atoms with E-state index in [1.54, 1.807) is 11.0 Å². The monoisotopic (exact) mass is 376 g/mol. The Kier molecular flexibility index (Phi) is 4.69. The van der Waals surface area contributed by atoms with Gasteiger partial charge in [-0.2, -0.15) is 0 Å². The van der Waals surface area contributed by atoms with Gasteiger partial charge in [-0.3, -0.25) is 4.79 Å². The predicted molar refractivity (Wildman–Crippen MR) is 104 cm³/mol. The van der Waals surface area contributed by atoms with Crippen LogP contribution in [0.15, 0.2) is 54.3 Å². The number of allylic oxidation sites excluding steroid dienone is 4. The summed E-state index contributed by atoms with van der Waals surface area (Å²) in [5.74, 6) is -1.22. The Bertz CT molecular complexity index is 1010. The van der Waals surface area contributed by atoms with Crippen LogP contribution in [0, 0.1) is 0 Å². The van der Waals surface area contributed by atoms with E-state index in [9.17, 15) is 9.59 Å². The van der Waals surface area contributed by atoms with Gasteiger partial charge in [0.1, 0.15) is 5.56 Å². The minimum Gasteiger partial charge on any atom is -0.479 e. The summed E-state index contributed by atoms with van der Waals surface area (Å²) in [7, 11) is 0. The maximum Gasteiger partial charge on any atom is 0.341 e. The van der Waals surface area contributed by atoms with Crippen LogP contribution in [0.5, 0.6) is 5.88 Å². The molecular formula is C22H20N2O4. The lowest BCUT2D eigenvalue weighted by atomic mass is 9.91. The van der Waals surface area contributed by atoms with E-state index in [2.05, 4.69) is 36.2 Å². The van der Waals surface area contributed by atoms with Crippen LogP contribution >= 0.6 is 0 Å². The molecule has 1 aromatic carbocycles. The number of aromatic nitrogens is 1. The van der Waals surface area contributed by atoms with Gasteiger partial charge >= 0.3 is 5.97 Å². The zero-order valence-corrected chi connectivity index (χ0v) is 15.5. The number of hydrogen-bond acceptors (Lipinski definition) is 4. The van der Waals surface area contributed by atoms with Crippen LogP contribution in [0.25, 0.3) is 5.57 Å². The van der Waals surface area contributed by atoms with Crippen LogP contribution in [-0.4, -0.2) is 33.5 Å². The fraction of sp³-hybridized carbons (Fsp3) is 0.227. The number of carbonyl (C=O) groups is 2. The molecule has 6 heteroatoms. The Morgan fingerprint density at radius 1 is 1.21 bits per heavy atom. The van der Waals surface area contributed by atoms with Crippen molar-refractivity contribution in [2.24, 2.45) is 0 Å². The second-order valence-electron chi connectivity index (χ2n) is 6.86. The zero-order valence-electron chi connectivity index (χ0n) is 15.5. The molecule has 0 radical (unpaired) electrons. The maximum absolute atomic E-state index is 12.8. The molecule has 1 aromatic heterocycles. The van der Waals surface area contributed by atoms with Gasteiger partial charge in [0.25, 0.3) is 5.91 Å². The summed E-state index contributed by atoms with van der Waals surface area (Å²) in [5, 5.41) is 8.79. The van der Waals surface area contributed by atoms with Crippen LogP contribution in [0.4, 0.5) is 0 Å². The van der Waals surface area contributed by atoms with Gasteiger partial charge in [0.2, 0.25) is 5.88 Å². The van der Waals surface area contributed by atoms with E-state index >= 15 is 0 Å². The molecule has 1 aliphatic heterocycles. The number of pyridine rings is 1. The highest BCUT2D eigenvalue weighted by atomic mass is 16.5. The third kappa shape index (κ3) is 3.41. The molecule has 1 N–H and O–H groups in total. The lowest BCUT2D eigenvalue weighted by Crippen LogP contribution is -2.23. The van der Waals surface area contributed by atoms with Gasteiger partial charge in [-0.05, 0) is 40.3 Å². The molecule has 2 aromatic rings. The Hall–Kier alpha value is -3.41. The number of hydrogen-bond donors (Lipinski definition) is 1. The first-order valence-corrected chi connectivity index (χ1v) is 9.18. The number of rotatable bonds is 7. The summed E-state index contributed by atoms with van der Waals surface area (Å²) in [4.78, 5) is 29.3. The van der Waals surface area contributed by atoms with Gasteiger partial charge in [-0.1, -0.05) is 43.3 Å². The van der Waals surface area contributed by atoms with Crippen molar-refractivity contribution in [3.05, 3.63) is 76.5 Å². The highest BCUT2D eigenvalue weighted by molar-refractivity contribution is 6.00. The van der Waals surface area contributed by atoms with Gasteiger partial charge in [0.05, 0.1) is 0 Å². The fourth-order valence-electron chi connectivity index (χ4n) is 3.42. The number of amides is 1. The number of carboxylic acids is 1. The Balaban J connectivity index is 1.45. The maximum atomic E-state index is 12.8. The summed E-state index contributed by atoms with van der Waals surface area (Å²) >= 11 is 0. The quantitative estimate of drug-likeness (QED) is 0.801. The van der Waals surface area contributed by atoms with Crippen molar-refractivity contribution in [2.75, 3.05) is 6.61 Å². The highest BCUT2D eigenvalue weighted by Gasteiger charge is 2.31.